The summed E-state index contributed by atoms with van der Waals surface area (Å²) in [5, 5.41) is 13.5. The molecule has 0 saturated carbocycles. The molecule has 1 aliphatic heterocycles. The first-order valence-electron chi connectivity index (χ1n) is 9.46. The third kappa shape index (κ3) is 3.30. The Balaban J connectivity index is 1.56. The number of rotatable bonds is 5. The highest BCUT2D eigenvalue weighted by Crippen LogP contribution is 2.22. The van der Waals surface area contributed by atoms with Gasteiger partial charge in [-0.1, -0.05) is 24.3 Å². The number of aromatic nitrogens is 4. The molecule has 0 bridgehead atoms. The molecule has 0 aliphatic carbocycles. The first-order valence-corrected chi connectivity index (χ1v) is 9.46. The number of pyridine rings is 1. The van der Waals surface area contributed by atoms with Crippen molar-refractivity contribution in [3.8, 4) is 5.69 Å². The van der Waals surface area contributed by atoms with Gasteiger partial charge in [0.2, 0.25) is 0 Å². The minimum absolute atomic E-state index is 0.163. The first-order chi connectivity index (χ1) is 13.2. The lowest BCUT2D eigenvalue weighted by Gasteiger charge is -2.22. The van der Waals surface area contributed by atoms with Gasteiger partial charge in [-0.3, -0.25) is 14.7 Å². The second-order valence-corrected chi connectivity index (χ2v) is 6.94. The number of fused-ring (bicyclic) bond motifs is 1. The van der Waals surface area contributed by atoms with Gasteiger partial charge in [0.1, 0.15) is 0 Å². The smallest absolute Gasteiger partial charge is 0.273 e. The fourth-order valence-electron chi connectivity index (χ4n) is 3.89. The van der Waals surface area contributed by atoms with E-state index in [2.05, 4.69) is 32.4 Å². The highest BCUT2D eigenvalue weighted by atomic mass is 16.2. The van der Waals surface area contributed by atoms with Crippen LogP contribution in [0.4, 0.5) is 0 Å². The van der Waals surface area contributed by atoms with Crippen LogP contribution in [0.2, 0.25) is 0 Å². The maximum atomic E-state index is 12.7. The average Bonchev–Trinajstić information content (AvgIpc) is 3.31. The summed E-state index contributed by atoms with van der Waals surface area (Å²) in [5.74, 6) is -0.163. The zero-order valence-corrected chi connectivity index (χ0v) is 15.7. The van der Waals surface area contributed by atoms with Gasteiger partial charge in [-0.05, 0) is 45.0 Å². The molecule has 1 fully saturated rings. The molecular formula is C20H24N6O. The van der Waals surface area contributed by atoms with Gasteiger partial charge in [0, 0.05) is 35.8 Å². The molecule has 1 atom stereocenters. The Bertz CT molecular complexity index is 961. The van der Waals surface area contributed by atoms with E-state index in [0.717, 1.165) is 41.7 Å². The van der Waals surface area contributed by atoms with Crippen molar-refractivity contribution in [2.45, 2.75) is 32.7 Å². The number of hydrogen-bond acceptors (Lipinski definition) is 5. The largest absolute Gasteiger partial charge is 0.349 e. The third-order valence-electron chi connectivity index (χ3n) is 5.40. The number of likely N-dealkylation sites (N-methyl/N-ethyl adjacent to an activating group) is 1. The van der Waals surface area contributed by atoms with E-state index < -0.39 is 0 Å². The van der Waals surface area contributed by atoms with E-state index in [9.17, 15) is 4.79 Å². The molecular weight excluding hydrogens is 340 g/mol. The Hall–Kier alpha value is -2.80. The SMILES string of the molecule is CCN1CCC[C@@H]1CNC(=O)c1nnn(-c2cccc3cnccc23)c1C. The lowest BCUT2D eigenvalue weighted by Crippen LogP contribution is -2.40. The van der Waals surface area contributed by atoms with Crippen LogP contribution in [-0.4, -0.2) is 56.5 Å². The second kappa shape index (κ2) is 7.44. The number of carbonyl (C=O) groups is 1. The summed E-state index contributed by atoms with van der Waals surface area (Å²) in [6, 6.07) is 8.31. The Labute approximate surface area is 158 Å². The van der Waals surface area contributed by atoms with Crippen LogP contribution in [0.15, 0.2) is 36.7 Å². The molecule has 3 aromatic rings. The van der Waals surface area contributed by atoms with Gasteiger partial charge in [0.15, 0.2) is 5.69 Å². The van der Waals surface area contributed by atoms with Crippen LogP contribution in [0, 0.1) is 6.92 Å². The van der Waals surface area contributed by atoms with Crippen molar-refractivity contribution in [3.63, 3.8) is 0 Å². The zero-order valence-electron chi connectivity index (χ0n) is 15.7. The Kier molecular flexibility index (Phi) is 4.85. The van der Waals surface area contributed by atoms with Crippen LogP contribution in [0.3, 0.4) is 0 Å². The summed E-state index contributed by atoms with van der Waals surface area (Å²) in [6.07, 6.45) is 5.90. The van der Waals surface area contributed by atoms with Crippen molar-refractivity contribution in [1.82, 2.24) is 30.2 Å². The van der Waals surface area contributed by atoms with Crippen LogP contribution in [0.25, 0.3) is 16.5 Å². The monoisotopic (exact) mass is 364 g/mol. The number of benzene rings is 1. The third-order valence-corrected chi connectivity index (χ3v) is 5.40. The summed E-state index contributed by atoms with van der Waals surface area (Å²) < 4.78 is 1.73. The molecule has 0 radical (unpaired) electrons. The Morgan fingerprint density at radius 1 is 1.33 bits per heavy atom. The van der Waals surface area contributed by atoms with Crippen LogP contribution in [0.5, 0.6) is 0 Å². The number of hydrogen-bond donors (Lipinski definition) is 1. The van der Waals surface area contributed by atoms with Gasteiger partial charge in [-0.15, -0.1) is 5.10 Å². The molecule has 7 heteroatoms. The van der Waals surface area contributed by atoms with E-state index in [-0.39, 0.29) is 5.91 Å². The van der Waals surface area contributed by atoms with Crippen molar-refractivity contribution in [1.29, 1.82) is 0 Å². The van der Waals surface area contributed by atoms with Gasteiger partial charge in [0.05, 0.1) is 11.4 Å². The Morgan fingerprint density at radius 2 is 2.22 bits per heavy atom. The first kappa shape index (κ1) is 17.6. The van der Waals surface area contributed by atoms with E-state index in [1.165, 1.54) is 6.42 Å². The van der Waals surface area contributed by atoms with E-state index in [1.54, 1.807) is 10.9 Å². The molecule has 7 nitrogen and oxygen atoms in total. The molecule has 0 spiro atoms. The van der Waals surface area contributed by atoms with Crippen LogP contribution < -0.4 is 5.32 Å². The van der Waals surface area contributed by atoms with E-state index in [4.69, 9.17) is 0 Å². The summed E-state index contributed by atoms with van der Waals surface area (Å²) in [7, 11) is 0. The summed E-state index contributed by atoms with van der Waals surface area (Å²) in [6.45, 7) is 6.82. The molecule has 1 aliphatic rings. The zero-order chi connectivity index (χ0) is 18.8. The van der Waals surface area contributed by atoms with E-state index in [1.807, 2.05) is 37.4 Å². The van der Waals surface area contributed by atoms with Crippen molar-refractivity contribution in [2.24, 2.45) is 0 Å². The molecule has 1 amide bonds. The molecule has 2 aromatic heterocycles. The predicted molar refractivity (Wildman–Crippen MR) is 104 cm³/mol. The van der Waals surface area contributed by atoms with Crippen molar-refractivity contribution in [2.75, 3.05) is 19.6 Å². The minimum Gasteiger partial charge on any atom is -0.349 e. The summed E-state index contributed by atoms with van der Waals surface area (Å²) in [4.78, 5) is 19.2. The molecule has 4 rings (SSSR count). The molecule has 140 valence electrons. The standard InChI is InChI=1S/C20H24N6O/c1-3-25-11-5-7-16(25)13-22-20(27)19-14(2)26(24-23-19)18-8-4-6-15-12-21-10-9-17(15)18/h4,6,8-10,12,16H,3,5,7,11,13H2,1-2H3,(H,22,27)/t16-/m1/s1. The second-order valence-electron chi connectivity index (χ2n) is 6.94. The van der Waals surface area contributed by atoms with Gasteiger partial charge in [-0.25, -0.2) is 4.68 Å². The van der Waals surface area contributed by atoms with Crippen LogP contribution >= 0.6 is 0 Å². The highest BCUT2D eigenvalue weighted by molar-refractivity contribution is 5.94. The number of amides is 1. The van der Waals surface area contributed by atoms with E-state index >= 15 is 0 Å². The summed E-state index contributed by atoms with van der Waals surface area (Å²) in [5.41, 5.74) is 2.00. The lowest BCUT2D eigenvalue weighted by atomic mass is 10.1. The van der Waals surface area contributed by atoms with Crippen LogP contribution in [-0.2, 0) is 0 Å². The van der Waals surface area contributed by atoms with Crippen LogP contribution in [0.1, 0.15) is 35.9 Å². The van der Waals surface area contributed by atoms with Crippen molar-refractivity contribution >= 4 is 16.7 Å². The normalized spacial score (nSPS) is 17.5. The maximum absolute atomic E-state index is 12.7. The summed E-state index contributed by atoms with van der Waals surface area (Å²) >= 11 is 0. The molecule has 0 unspecified atom stereocenters. The molecule has 3 heterocycles. The van der Waals surface area contributed by atoms with Crippen molar-refractivity contribution < 1.29 is 4.79 Å². The van der Waals surface area contributed by atoms with Crippen molar-refractivity contribution in [3.05, 3.63) is 48.0 Å². The average molecular weight is 364 g/mol. The van der Waals surface area contributed by atoms with Gasteiger partial charge >= 0.3 is 0 Å². The maximum Gasteiger partial charge on any atom is 0.273 e. The molecule has 1 N–H and O–H groups in total. The predicted octanol–water partition coefficient (Wildman–Crippen LogP) is 2.34. The lowest BCUT2D eigenvalue weighted by molar-refractivity contribution is 0.0935. The quantitative estimate of drug-likeness (QED) is 0.752. The molecule has 27 heavy (non-hydrogen) atoms. The fourth-order valence-corrected chi connectivity index (χ4v) is 3.89. The van der Waals surface area contributed by atoms with Gasteiger partial charge in [0.25, 0.3) is 5.91 Å². The topological polar surface area (TPSA) is 75.9 Å². The van der Waals surface area contributed by atoms with Gasteiger partial charge < -0.3 is 5.32 Å². The molecule has 1 saturated heterocycles. The fraction of sp³-hybridized carbons (Fsp3) is 0.400. The number of nitrogens with zero attached hydrogens (tertiary/aromatic N) is 5. The highest BCUT2D eigenvalue weighted by Gasteiger charge is 2.25. The van der Waals surface area contributed by atoms with E-state index in [0.29, 0.717) is 18.3 Å². The number of likely N-dealkylation sites (tertiary alicyclic amines) is 1. The Morgan fingerprint density at radius 3 is 3.07 bits per heavy atom. The minimum atomic E-state index is -0.163. The number of nitrogens with one attached hydrogen (secondary N) is 1. The molecule has 1 aromatic carbocycles. The number of carbonyl (C=O) groups excluding carboxylic acids is 1. The van der Waals surface area contributed by atoms with Gasteiger partial charge in [-0.2, -0.15) is 0 Å².